The second kappa shape index (κ2) is 5.06. The Kier molecular flexibility index (Phi) is 3.28. The van der Waals surface area contributed by atoms with Crippen molar-refractivity contribution in [3.8, 4) is 0 Å². The number of hydrogen-bond donors (Lipinski definition) is 0. The van der Waals surface area contributed by atoms with Crippen molar-refractivity contribution in [2.45, 2.75) is 38.6 Å². The topological polar surface area (TPSA) is 39.9 Å². The van der Waals surface area contributed by atoms with Crippen molar-refractivity contribution in [2.24, 2.45) is 0 Å². The largest absolute Gasteiger partial charge is 0.381 e. The molecule has 1 aliphatic rings. The van der Waals surface area contributed by atoms with Gasteiger partial charge in [-0.15, -0.1) is 0 Å². The van der Waals surface area contributed by atoms with Crippen LogP contribution in [0.15, 0.2) is 18.3 Å². The molecule has 1 saturated heterocycles. The standard InChI is InChI=1S/C14H19N3O/c1-2-8-17-13(11-5-9-18-10-6-11)16-12-4-3-7-15-14(12)17/h3-4,7,11H,2,5-6,8-10H2,1H3. The Morgan fingerprint density at radius 2 is 2.22 bits per heavy atom. The Balaban J connectivity index is 2.05. The molecular weight excluding hydrogens is 226 g/mol. The zero-order valence-corrected chi connectivity index (χ0v) is 10.8. The van der Waals surface area contributed by atoms with E-state index in [-0.39, 0.29) is 0 Å². The third kappa shape index (κ3) is 2.01. The summed E-state index contributed by atoms with van der Waals surface area (Å²) in [5, 5.41) is 0. The summed E-state index contributed by atoms with van der Waals surface area (Å²) in [4.78, 5) is 9.28. The van der Waals surface area contributed by atoms with E-state index in [1.165, 1.54) is 5.82 Å². The number of hydrogen-bond acceptors (Lipinski definition) is 3. The quantitative estimate of drug-likeness (QED) is 0.834. The van der Waals surface area contributed by atoms with Gasteiger partial charge in [-0.25, -0.2) is 9.97 Å². The fourth-order valence-corrected chi connectivity index (χ4v) is 2.69. The maximum absolute atomic E-state index is 5.44. The Hall–Kier alpha value is -1.42. The highest BCUT2D eigenvalue weighted by Crippen LogP contribution is 2.28. The number of fused-ring (bicyclic) bond motifs is 1. The Labute approximate surface area is 107 Å². The predicted molar refractivity (Wildman–Crippen MR) is 70.6 cm³/mol. The van der Waals surface area contributed by atoms with E-state index in [2.05, 4.69) is 22.5 Å². The molecule has 0 N–H and O–H groups in total. The van der Waals surface area contributed by atoms with Gasteiger partial charge in [0, 0.05) is 31.9 Å². The molecule has 0 unspecified atom stereocenters. The fraction of sp³-hybridized carbons (Fsp3) is 0.571. The van der Waals surface area contributed by atoms with Gasteiger partial charge in [0.05, 0.1) is 0 Å². The summed E-state index contributed by atoms with van der Waals surface area (Å²) >= 11 is 0. The molecule has 1 fully saturated rings. The van der Waals surface area contributed by atoms with Crippen LogP contribution in [0, 0.1) is 0 Å². The summed E-state index contributed by atoms with van der Waals surface area (Å²) in [5.74, 6) is 1.73. The summed E-state index contributed by atoms with van der Waals surface area (Å²) in [6.07, 6.45) is 5.11. The SMILES string of the molecule is CCCn1c(C2CCOCC2)nc2cccnc21. The van der Waals surface area contributed by atoms with E-state index >= 15 is 0 Å². The molecule has 4 nitrogen and oxygen atoms in total. The van der Waals surface area contributed by atoms with Crippen molar-refractivity contribution in [3.63, 3.8) is 0 Å². The Bertz CT molecular complexity index is 529. The minimum atomic E-state index is 0.527. The molecule has 0 bridgehead atoms. The lowest BCUT2D eigenvalue weighted by atomic mass is 9.99. The van der Waals surface area contributed by atoms with Crippen LogP contribution < -0.4 is 0 Å². The Morgan fingerprint density at radius 1 is 1.39 bits per heavy atom. The second-order valence-corrected chi connectivity index (χ2v) is 4.85. The van der Waals surface area contributed by atoms with Gasteiger partial charge in [-0.3, -0.25) is 0 Å². The molecule has 0 aliphatic carbocycles. The summed E-state index contributed by atoms with van der Waals surface area (Å²) in [6.45, 7) is 4.91. The molecule has 0 spiro atoms. The van der Waals surface area contributed by atoms with Crippen molar-refractivity contribution >= 4 is 11.2 Å². The highest BCUT2D eigenvalue weighted by molar-refractivity contribution is 5.71. The van der Waals surface area contributed by atoms with Gasteiger partial charge in [-0.2, -0.15) is 0 Å². The molecule has 0 radical (unpaired) electrons. The molecule has 2 aromatic heterocycles. The van der Waals surface area contributed by atoms with Crippen LogP contribution >= 0.6 is 0 Å². The van der Waals surface area contributed by atoms with Gasteiger partial charge < -0.3 is 9.30 Å². The zero-order valence-electron chi connectivity index (χ0n) is 10.8. The fourth-order valence-electron chi connectivity index (χ4n) is 2.69. The number of rotatable bonds is 3. The normalized spacial score (nSPS) is 17.4. The van der Waals surface area contributed by atoms with Crippen molar-refractivity contribution in [1.29, 1.82) is 0 Å². The molecule has 3 rings (SSSR count). The molecule has 0 saturated carbocycles. The van der Waals surface area contributed by atoms with E-state index in [0.717, 1.165) is 50.2 Å². The molecule has 0 atom stereocenters. The summed E-state index contributed by atoms with van der Waals surface area (Å²) in [7, 11) is 0. The van der Waals surface area contributed by atoms with Crippen LogP contribution in [0.5, 0.6) is 0 Å². The third-order valence-corrected chi connectivity index (χ3v) is 3.57. The van der Waals surface area contributed by atoms with Crippen LogP contribution in [0.2, 0.25) is 0 Å². The maximum atomic E-state index is 5.44. The predicted octanol–water partition coefficient (Wildman–Crippen LogP) is 2.74. The van der Waals surface area contributed by atoms with Crippen molar-refractivity contribution in [3.05, 3.63) is 24.2 Å². The minimum absolute atomic E-state index is 0.527. The first kappa shape index (κ1) is 11.7. The highest BCUT2D eigenvalue weighted by atomic mass is 16.5. The van der Waals surface area contributed by atoms with Gasteiger partial charge in [0.25, 0.3) is 0 Å². The van der Waals surface area contributed by atoms with Crippen LogP contribution in [0.1, 0.15) is 37.9 Å². The smallest absolute Gasteiger partial charge is 0.159 e. The number of aryl methyl sites for hydroxylation is 1. The van der Waals surface area contributed by atoms with Crippen molar-refractivity contribution in [2.75, 3.05) is 13.2 Å². The molecule has 3 heterocycles. The van der Waals surface area contributed by atoms with Gasteiger partial charge in [0.15, 0.2) is 5.65 Å². The van der Waals surface area contributed by atoms with E-state index in [0.29, 0.717) is 5.92 Å². The van der Waals surface area contributed by atoms with E-state index in [1.807, 2.05) is 12.3 Å². The summed E-state index contributed by atoms with van der Waals surface area (Å²) in [5.41, 5.74) is 2.05. The summed E-state index contributed by atoms with van der Waals surface area (Å²) < 4.78 is 7.74. The first-order chi connectivity index (χ1) is 8.90. The van der Waals surface area contributed by atoms with Crippen molar-refractivity contribution < 1.29 is 4.74 Å². The number of imidazole rings is 1. The highest BCUT2D eigenvalue weighted by Gasteiger charge is 2.22. The lowest BCUT2D eigenvalue weighted by Gasteiger charge is -2.22. The van der Waals surface area contributed by atoms with Gasteiger partial charge in [-0.1, -0.05) is 6.92 Å². The van der Waals surface area contributed by atoms with Crippen LogP contribution in [0.3, 0.4) is 0 Å². The van der Waals surface area contributed by atoms with E-state index in [4.69, 9.17) is 9.72 Å². The van der Waals surface area contributed by atoms with E-state index in [9.17, 15) is 0 Å². The molecule has 18 heavy (non-hydrogen) atoms. The first-order valence-electron chi connectivity index (χ1n) is 6.79. The van der Waals surface area contributed by atoms with Crippen LogP contribution in [-0.4, -0.2) is 27.7 Å². The zero-order chi connectivity index (χ0) is 12.4. The number of aromatic nitrogens is 3. The third-order valence-electron chi connectivity index (χ3n) is 3.57. The van der Waals surface area contributed by atoms with E-state index < -0.39 is 0 Å². The number of nitrogens with zero attached hydrogens (tertiary/aromatic N) is 3. The van der Waals surface area contributed by atoms with Gasteiger partial charge in [0.1, 0.15) is 11.3 Å². The molecule has 4 heteroatoms. The number of ether oxygens (including phenoxy) is 1. The maximum Gasteiger partial charge on any atom is 0.159 e. The first-order valence-corrected chi connectivity index (χ1v) is 6.79. The monoisotopic (exact) mass is 245 g/mol. The van der Waals surface area contributed by atoms with E-state index in [1.54, 1.807) is 0 Å². The van der Waals surface area contributed by atoms with Gasteiger partial charge >= 0.3 is 0 Å². The molecule has 2 aromatic rings. The molecular formula is C14H19N3O. The molecule has 0 amide bonds. The Morgan fingerprint density at radius 3 is 3.00 bits per heavy atom. The van der Waals surface area contributed by atoms with Crippen LogP contribution in [-0.2, 0) is 11.3 Å². The minimum Gasteiger partial charge on any atom is -0.381 e. The van der Waals surface area contributed by atoms with Crippen molar-refractivity contribution in [1.82, 2.24) is 14.5 Å². The van der Waals surface area contributed by atoms with Gasteiger partial charge in [-0.05, 0) is 31.4 Å². The van der Waals surface area contributed by atoms with Crippen LogP contribution in [0.4, 0.5) is 0 Å². The number of pyridine rings is 1. The molecule has 0 aromatic carbocycles. The lowest BCUT2D eigenvalue weighted by molar-refractivity contribution is 0.0829. The lowest BCUT2D eigenvalue weighted by Crippen LogP contribution is -2.18. The average Bonchev–Trinajstić information content (AvgIpc) is 2.80. The molecule has 96 valence electrons. The summed E-state index contributed by atoms with van der Waals surface area (Å²) in [6, 6.07) is 4.01. The molecule has 1 aliphatic heterocycles. The average molecular weight is 245 g/mol. The van der Waals surface area contributed by atoms with Gasteiger partial charge in [0.2, 0.25) is 0 Å². The second-order valence-electron chi connectivity index (χ2n) is 4.85. The van der Waals surface area contributed by atoms with Crippen LogP contribution in [0.25, 0.3) is 11.2 Å².